The Morgan fingerprint density at radius 3 is 0.800 bits per heavy atom. The van der Waals surface area contributed by atoms with Gasteiger partial charge in [0.15, 0.2) is 0 Å². The molecule has 12 aromatic carbocycles. The van der Waals surface area contributed by atoms with Crippen LogP contribution >= 0.6 is 0 Å². The van der Waals surface area contributed by atoms with Crippen molar-refractivity contribution >= 4 is 107 Å². The third kappa shape index (κ3) is 8.46. The summed E-state index contributed by atoms with van der Waals surface area (Å²) in [4.78, 5) is 23.1. The van der Waals surface area contributed by atoms with Crippen LogP contribution in [0.4, 0.5) is 52.0 Å². The van der Waals surface area contributed by atoms with E-state index in [4.69, 9.17) is 15.0 Å². The van der Waals surface area contributed by atoms with E-state index in [2.05, 4.69) is 348 Å². The standard InChI is InChI=1S/C75H52N10/c1-7-25-53(26-8-1)79(73-76-65-37-19-22-40-70(65)83(73)56-31-13-4-14-32-56)59-43-45-60(46-44-59)82-68-49-47-61(80(54-27-9-2-10-28-54)74-77-66-38-20-23-41-71(66)84(74)57-33-15-5-16-34-57)51-63(68)64-52-62(48-50-69(64)82)81(55-29-11-3-12-30-55)75-78-67-39-21-24-42-72(67)85(75)58-35-17-6-18-36-58/h1-52H. The van der Waals surface area contributed by atoms with Gasteiger partial charge in [-0.05, 0) is 170 Å². The van der Waals surface area contributed by atoms with Crippen LogP contribution in [0, 0.1) is 0 Å². The van der Waals surface area contributed by atoms with Gasteiger partial charge < -0.3 is 4.57 Å². The van der Waals surface area contributed by atoms with Crippen LogP contribution in [0.5, 0.6) is 0 Å². The van der Waals surface area contributed by atoms with E-state index in [1.54, 1.807) is 0 Å². The maximum atomic E-state index is 5.45. The van der Waals surface area contributed by atoms with Gasteiger partial charge in [0.05, 0.1) is 44.1 Å². The first-order valence-electron chi connectivity index (χ1n) is 28.5. The molecule has 0 bridgehead atoms. The van der Waals surface area contributed by atoms with Crippen molar-refractivity contribution in [1.82, 2.24) is 33.2 Å². The molecule has 16 aromatic rings. The van der Waals surface area contributed by atoms with Gasteiger partial charge >= 0.3 is 0 Å². The Balaban J connectivity index is 0.928. The van der Waals surface area contributed by atoms with Crippen LogP contribution in [-0.4, -0.2) is 33.2 Å². The fourth-order valence-corrected chi connectivity index (χ4v) is 12.2. The summed E-state index contributed by atoms with van der Waals surface area (Å²) in [5.41, 5.74) is 17.7. The highest BCUT2D eigenvalue weighted by molar-refractivity contribution is 6.12. The topological polar surface area (TPSA) is 68.1 Å². The van der Waals surface area contributed by atoms with Crippen LogP contribution in [-0.2, 0) is 0 Å². The predicted octanol–water partition coefficient (Wildman–Crippen LogP) is 19.2. The molecule has 10 nitrogen and oxygen atoms in total. The second-order valence-corrected chi connectivity index (χ2v) is 21.0. The summed E-state index contributed by atoms with van der Waals surface area (Å²) in [6.45, 7) is 0. The molecular formula is C75H52N10. The minimum absolute atomic E-state index is 0.775. The van der Waals surface area contributed by atoms with E-state index in [1.165, 1.54) is 0 Å². The smallest absolute Gasteiger partial charge is 0.220 e. The molecule has 0 saturated carbocycles. The number of fused-ring (bicyclic) bond motifs is 6. The monoisotopic (exact) mass is 1090 g/mol. The third-order valence-electron chi connectivity index (χ3n) is 15.9. The van der Waals surface area contributed by atoms with Gasteiger partial charge in [0.1, 0.15) is 0 Å². The number of benzene rings is 12. The fraction of sp³-hybridized carbons (Fsp3) is 0. The highest BCUT2D eigenvalue weighted by atomic mass is 15.3. The van der Waals surface area contributed by atoms with Crippen molar-refractivity contribution in [1.29, 1.82) is 0 Å². The highest BCUT2D eigenvalue weighted by Crippen LogP contribution is 2.46. The fourth-order valence-electron chi connectivity index (χ4n) is 12.2. The zero-order chi connectivity index (χ0) is 56.2. The average molecular weight is 1090 g/mol. The molecule has 0 N–H and O–H groups in total. The lowest BCUT2D eigenvalue weighted by atomic mass is 10.1. The summed E-state index contributed by atoms with van der Waals surface area (Å²) in [6, 6.07) is 111. The summed E-state index contributed by atoms with van der Waals surface area (Å²) in [6.07, 6.45) is 0. The highest BCUT2D eigenvalue weighted by Gasteiger charge is 2.28. The van der Waals surface area contributed by atoms with Gasteiger partial charge in [-0.15, -0.1) is 0 Å². The molecule has 0 aliphatic rings. The molecule has 0 aliphatic heterocycles. The van der Waals surface area contributed by atoms with Crippen LogP contribution < -0.4 is 14.7 Å². The van der Waals surface area contributed by atoms with Crippen LogP contribution in [0.15, 0.2) is 315 Å². The van der Waals surface area contributed by atoms with E-state index >= 15 is 0 Å². The molecule has 0 amide bonds. The van der Waals surface area contributed by atoms with E-state index in [-0.39, 0.29) is 0 Å². The van der Waals surface area contributed by atoms with Crippen molar-refractivity contribution in [2.24, 2.45) is 0 Å². The van der Waals surface area contributed by atoms with E-state index in [9.17, 15) is 0 Å². The van der Waals surface area contributed by atoms with E-state index < -0.39 is 0 Å². The first-order valence-corrected chi connectivity index (χ1v) is 28.5. The summed E-state index contributed by atoms with van der Waals surface area (Å²) in [5, 5.41) is 2.13. The number of aromatic nitrogens is 7. The Kier molecular flexibility index (Phi) is 11.9. The molecule has 0 saturated heterocycles. The molecule has 402 valence electrons. The molecular weight excluding hydrogens is 1040 g/mol. The number of hydrogen-bond acceptors (Lipinski definition) is 6. The van der Waals surface area contributed by atoms with E-state index in [0.717, 1.165) is 130 Å². The lowest BCUT2D eigenvalue weighted by Gasteiger charge is -2.26. The lowest BCUT2D eigenvalue weighted by molar-refractivity contribution is 1.03. The van der Waals surface area contributed by atoms with E-state index in [1.807, 2.05) is 0 Å². The van der Waals surface area contributed by atoms with Crippen molar-refractivity contribution in [3.05, 3.63) is 315 Å². The Morgan fingerprint density at radius 1 is 0.200 bits per heavy atom. The maximum Gasteiger partial charge on any atom is 0.220 e. The minimum Gasteiger partial charge on any atom is -0.309 e. The lowest BCUT2D eigenvalue weighted by Crippen LogP contribution is -2.15. The van der Waals surface area contributed by atoms with Gasteiger partial charge in [-0.25, -0.2) is 15.0 Å². The van der Waals surface area contributed by atoms with Gasteiger partial charge in [-0.3, -0.25) is 28.4 Å². The van der Waals surface area contributed by atoms with Gasteiger partial charge in [0.25, 0.3) is 0 Å². The van der Waals surface area contributed by atoms with Gasteiger partial charge in [0.2, 0.25) is 17.8 Å². The third-order valence-corrected chi connectivity index (χ3v) is 15.9. The molecule has 0 unspecified atom stereocenters. The summed E-state index contributed by atoms with van der Waals surface area (Å²) in [7, 11) is 0. The summed E-state index contributed by atoms with van der Waals surface area (Å²) in [5.74, 6) is 2.34. The number of rotatable bonds is 13. The molecule has 4 heterocycles. The quantitative estimate of drug-likeness (QED) is 0.115. The first kappa shape index (κ1) is 49.1. The van der Waals surface area contributed by atoms with E-state index in [0.29, 0.717) is 0 Å². The van der Waals surface area contributed by atoms with Crippen molar-refractivity contribution in [3.63, 3.8) is 0 Å². The number of imidazole rings is 3. The van der Waals surface area contributed by atoms with Crippen LogP contribution in [0.2, 0.25) is 0 Å². The van der Waals surface area contributed by atoms with Crippen LogP contribution in [0.25, 0.3) is 77.7 Å². The van der Waals surface area contributed by atoms with Crippen LogP contribution in [0.3, 0.4) is 0 Å². The van der Waals surface area contributed by atoms with Crippen molar-refractivity contribution in [2.75, 3.05) is 14.7 Å². The molecule has 0 atom stereocenters. The summed E-state index contributed by atoms with van der Waals surface area (Å²) < 4.78 is 9.17. The molecule has 0 fully saturated rings. The molecule has 0 radical (unpaired) electrons. The Morgan fingerprint density at radius 2 is 0.459 bits per heavy atom. The second kappa shape index (κ2) is 20.7. The zero-order valence-electron chi connectivity index (χ0n) is 46.0. The number of nitrogens with zero attached hydrogens (tertiary/aromatic N) is 10. The Hall–Kier alpha value is -11.8. The normalized spacial score (nSPS) is 11.5. The number of anilines is 9. The molecule has 4 aromatic heterocycles. The molecule has 0 aliphatic carbocycles. The molecule has 10 heteroatoms. The Bertz CT molecular complexity index is 4840. The average Bonchev–Trinajstić information content (AvgIpc) is 2.77. The number of para-hydroxylation sites is 12. The second-order valence-electron chi connectivity index (χ2n) is 21.0. The van der Waals surface area contributed by atoms with Crippen LogP contribution in [0.1, 0.15) is 0 Å². The number of hydrogen-bond donors (Lipinski definition) is 0. The molecule has 85 heavy (non-hydrogen) atoms. The van der Waals surface area contributed by atoms with Gasteiger partial charge in [-0.2, -0.15) is 0 Å². The SMILES string of the molecule is c1ccc(N(c2ccc(-n3c4ccc(N(c5ccccc5)c5nc6ccccc6n5-c5ccccc5)cc4c4cc(N(c5ccccc5)c5nc6ccccc6n5-c5ccccc5)ccc43)cc2)c2nc3ccccc3n2-c2ccccc2)cc1. The van der Waals surface area contributed by atoms with Gasteiger partial charge in [-0.1, -0.05) is 146 Å². The zero-order valence-corrected chi connectivity index (χ0v) is 46.0. The van der Waals surface area contributed by atoms with Crippen molar-refractivity contribution in [2.45, 2.75) is 0 Å². The minimum atomic E-state index is 0.775. The molecule has 0 spiro atoms. The first-order chi connectivity index (χ1) is 42.2. The largest absolute Gasteiger partial charge is 0.309 e. The Labute approximate surface area is 490 Å². The summed E-state index contributed by atoms with van der Waals surface area (Å²) >= 11 is 0. The van der Waals surface area contributed by atoms with Gasteiger partial charge in [0, 0.05) is 67.6 Å². The molecule has 16 rings (SSSR count). The maximum absolute atomic E-state index is 5.45. The van der Waals surface area contributed by atoms with Crippen molar-refractivity contribution in [3.8, 4) is 22.7 Å². The predicted molar refractivity (Wildman–Crippen MR) is 349 cm³/mol. The van der Waals surface area contributed by atoms with Crippen molar-refractivity contribution < 1.29 is 0 Å².